The number of nitrogens with zero attached hydrogens (tertiary/aromatic N) is 2. The van der Waals surface area contributed by atoms with Crippen LogP contribution in [0, 0.1) is 6.07 Å². The Morgan fingerprint density at radius 3 is 2.24 bits per heavy atom. The number of benzene rings is 4. The number of para-hydroxylation sites is 2. The summed E-state index contributed by atoms with van der Waals surface area (Å²) in [5, 5.41) is 11.1. The van der Waals surface area contributed by atoms with Crippen molar-refractivity contribution in [3.05, 3.63) is 127 Å². The minimum absolute atomic E-state index is 0. The van der Waals surface area contributed by atoms with Crippen LogP contribution in [0.1, 0.15) is 24.0 Å². The summed E-state index contributed by atoms with van der Waals surface area (Å²) in [4.78, 5) is 9.68. The van der Waals surface area contributed by atoms with Crippen molar-refractivity contribution >= 4 is 21.6 Å². The van der Waals surface area contributed by atoms with Crippen molar-refractivity contribution in [3.8, 4) is 38.7 Å². The molecule has 0 aliphatic rings. The van der Waals surface area contributed by atoms with Gasteiger partial charge in [0.15, 0.2) is 0 Å². The molecule has 0 bridgehead atoms. The van der Waals surface area contributed by atoms with Crippen LogP contribution in [-0.4, -0.2) is 15.1 Å². The number of pyridine rings is 1. The maximum atomic E-state index is 10.3. The summed E-state index contributed by atoms with van der Waals surface area (Å²) < 4.78 is 1.07. The number of fused-ring (bicyclic) bond motifs is 1. The molecule has 37 heavy (non-hydrogen) atoms. The molecule has 0 radical (unpaired) electrons. The van der Waals surface area contributed by atoms with E-state index in [2.05, 4.69) is 67.6 Å². The fourth-order valence-corrected chi connectivity index (χ4v) is 5.49. The quantitative estimate of drug-likeness (QED) is 0.187. The molecule has 0 fully saturated rings. The van der Waals surface area contributed by atoms with Crippen molar-refractivity contribution < 1.29 is 26.2 Å². The maximum Gasteiger partial charge on any atom is 0.127 e. The molecule has 184 valence electrons. The molecule has 0 saturated heterocycles. The van der Waals surface area contributed by atoms with Crippen LogP contribution in [-0.2, 0) is 21.1 Å². The summed E-state index contributed by atoms with van der Waals surface area (Å²) in [7, 11) is 0. The molecular weight excluding hydrogens is 656 g/mol. The Balaban J connectivity index is 0.00000280. The normalized spacial score (nSPS) is 11.7. The maximum absolute atomic E-state index is 10.3. The van der Waals surface area contributed by atoms with Gasteiger partial charge in [0.2, 0.25) is 0 Å². The van der Waals surface area contributed by atoms with Gasteiger partial charge < -0.3 is 5.11 Å². The second kappa shape index (κ2) is 10.8. The molecule has 0 amide bonds. The van der Waals surface area contributed by atoms with Crippen molar-refractivity contribution in [2.75, 3.05) is 0 Å². The van der Waals surface area contributed by atoms with Crippen molar-refractivity contribution in [3.63, 3.8) is 0 Å². The van der Waals surface area contributed by atoms with Crippen LogP contribution in [0.4, 0.5) is 0 Å². The Bertz CT molecular complexity index is 1660. The minimum Gasteiger partial charge on any atom is -0.507 e. The van der Waals surface area contributed by atoms with Crippen molar-refractivity contribution in [1.29, 1.82) is 0 Å². The second-order valence-corrected chi connectivity index (χ2v) is 9.81. The van der Waals surface area contributed by atoms with Crippen LogP contribution in [0.15, 0.2) is 109 Å². The molecule has 0 spiro atoms. The Labute approximate surface area is 234 Å². The first kappa shape index (κ1) is 25.1. The van der Waals surface area contributed by atoms with Crippen LogP contribution in [0.3, 0.4) is 0 Å². The van der Waals surface area contributed by atoms with Gasteiger partial charge in [-0.2, -0.15) is 0 Å². The van der Waals surface area contributed by atoms with Gasteiger partial charge in [0, 0.05) is 43.6 Å². The van der Waals surface area contributed by atoms with Gasteiger partial charge in [-0.25, -0.2) is 4.98 Å². The number of phenolic OH excluding ortho intramolecular Hbond substituents is 1. The molecule has 0 saturated carbocycles. The van der Waals surface area contributed by atoms with E-state index in [1.165, 1.54) is 11.1 Å². The summed E-state index contributed by atoms with van der Waals surface area (Å²) in [5.41, 5.74) is 7.94. The largest absolute Gasteiger partial charge is 0.507 e. The fraction of sp³-hybridized carbons (Fsp3) is 0.0625. The summed E-state index contributed by atoms with van der Waals surface area (Å²) in [6.07, 6.45) is 1.97. The topological polar surface area (TPSA) is 46.0 Å². The fourth-order valence-electron chi connectivity index (χ4n) is 4.47. The van der Waals surface area contributed by atoms with Crippen molar-refractivity contribution in [2.45, 2.75) is 12.8 Å². The standard InChI is InChI=1S/C32H23N2OS.Pt/c1-21(22-9-3-2-4-10-22)25-17-18-28(33-20-25)24-12-7-11-23(19-24)26-14-8-16-30-31(26)34-32(36-30)27-13-5-6-15-29(27)35;/h2-18,20-21,35H,1H3;/q-1;. The van der Waals surface area contributed by atoms with E-state index in [4.69, 9.17) is 9.97 Å². The van der Waals surface area contributed by atoms with Gasteiger partial charge in [0.05, 0.1) is 11.1 Å². The Morgan fingerprint density at radius 2 is 1.46 bits per heavy atom. The van der Waals surface area contributed by atoms with E-state index in [9.17, 15) is 5.11 Å². The predicted octanol–water partition coefficient (Wildman–Crippen LogP) is 8.35. The van der Waals surface area contributed by atoms with Crippen LogP contribution in [0.25, 0.3) is 43.2 Å². The molecule has 1 unspecified atom stereocenters. The third kappa shape index (κ3) is 5.00. The van der Waals surface area contributed by atoms with Crippen LogP contribution in [0.2, 0.25) is 0 Å². The molecule has 6 rings (SSSR count). The van der Waals surface area contributed by atoms with Crippen LogP contribution >= 0.6 is 11.3 Å². The van der Waals surface area contributed by atoms with E-state index in [0.717, 1.165) is 43.2 Å². The van der Waals surface area contributed by atoms with E-state index in [-0.39, 0.29) is 32.7 Å². The van der Waals surface area contributed by atoms with Gasteiger partial charge in [-0.05, 0) is 29.3 Å². The van der Waals surface area contributed by atoms with E-state index >= 15 is 0 Å². The number of aromatic nitrogens is 2. The summed E-state index contributed by atoms with van der Waals surface area (Å²) in [6.45, 7) is 2.21. The first-order valence-corrected chi connectivity index (χ1v) is 12.7. The molecule has 0 aliphatic heterocycles. The van der Waals surface area contributed by atoms with E-state index in [0.29, 0.717) is 0 Å². The Kier molecular flexibility index (Phi) is 7.32. The van der Waals surface area contributed by atoms with E-state index < -0.39 is 0 Å². The van der Waals surface area contributed by atoms with Gasteiger partial charge in [-0.3, -0.25) is 4.98 Å². The first-order chi connectivity index (χ1) is 17.7. The molecule has 4 aromatic carbocycles. The SMILES string of the molecule is CC(c1ccccc1)c1ccc(-c2[c-]c(-c3cccc4sc(-c5ccccc5O)nc34)ccc2)nc1.[Pt]. The zero-order chi connectivity index (χ0) is 24.5. The van der Waals surface area contributed by atoms with Crippen LogP contribution in [0.5, 0.6) is 5.75 Å². The third-order valence-electron chi connectivity index (χ3n) is 6.50. The minimum atomic E-state index is 0. The molecule has 2 heterocycles. The summed E-state index contributed by atoms with van der Waals surface area (Å²) >= 11 is 1.58. The molecule has 1 N–H and O–H groups in total. The summed E-state index contributed by atoms with van der Waals surface area (Å²) in [6, 6.07) is 37.9. The number of aromatic hydroxyl groups is 1. The number of phenols is 1. The molecule has 5 heteroatoms. The molecule has 3 nitrogen and oxygen atoms in total. The number of hydrogen-bond acceptors (Lipinski definition) is 4. The second-order valence-electron chi connectivity index (χ2n) is 8.78. The van der Waals surface area contributed by atoms with Gasteiger partial charge >= 0.3 is 0 Å². The third-order valence-corrected chi connectivity index (χ3v) is 7.55. The molecule has 0 aliphatic carbocycles. The summed E-state index contributed by atoms with van der Waals surface area (Å²) in [5.74, 6) is 0.520. The molecule has 6 aromatic rings. The average Bonchev–Trinajstić information content (AvgIpc) is 3.38. The average molecular weight is 679 g/mol. The smallest absolute Gasteiger partial charge is 0.127 e. The Hall–Kier alpha value is -3.59. The van der Waals surface area contributed by atoms with E-state index in [1.807, 2.05) is 48.7 Å². The zero-order valence-electron chi connectivity index (χ0n) is 20.0. The molecule has 2 aromatic heterocycles. The Morgan fingerprint density at radius 1 is 0.730 bits per heavy atom. The van der Waals surface area contributed by atoms with Gasteiger partial charge in [0.25, 0.3) is 0 Å². The first-order valence-electron chi connectivity index (χ1n) is 11.9. The predicted molar refractivity (Wildman–Crippen MR) is 148 cm³/mol. The number of thiazole rings is 1. The van der Waals surface area contributed by atoms with Gasteiger partial charge in [0.1, 0.15) is 10.8 Å². The van der Waals surface area contributed by atoms with Gasteiger partial charge in [-0.1, -0.05) is 84.8 Å². The monoisotopic (exact) mass is 678 g/mol. The van der Waals surface area contributed by atoms with Crippen molar-refractivity contribution in [2.24, 2.45) is 0 Å². The van der Waals surface area contributed by atoms with Crippen LogP contribution < -0.4 is 0 Å². The van der Waals surface area contributed by atoms with Gasteiger partial charge in [-0.15, -0.1) is 41.2 Å². The number of rotatable bonds is 5. The number of hydrogen-bond donors (Lipinski definition) is 1. The van der Waals surface area contributed by atoms with E-state index in [1.54, 1.807) is 17.4 Å². The molecule has 1 atom stereocenters. The zero-order valence-corrected chi connectivity index (χ0v) is 23.1. The van der Waals surface area contributed by atoms with Crippen molar-refractivity contribution in [1.82, 2.24) is 9.97 Å². The molecular formula is C32H23N2OPtS-.